The van der Waals surface area contributed by atoms with Gasteiger partial charge in [-0.15, -0.1) is 0 Å². The van der Waals surface area contributed by atoms with E-state index >= 15 is 0 Å². The van der Waals surface area contributed by atoms with E-state index in [-0.39, 0.29) is 0 Å². The summed E-state index contributed by atoms with van der Waals surface area (Å²) in [5, 5.41) is 4.04. The number of aryl methyl sites for hydroxylation is 1. The van der Waals surface area contributed by atoms with Crippen molar-refractivity contribution in [2.24, 2.45) is 0 Å². The van der Waals surface area contributed by atoms with Gasteiger partial charge in [-0.05, 0) is 24.6 Å². The second kappa shape index (κ2) is 4.94. The molecule has 1 aromatic heterocycles. The standard InChI is InChI=1S/C12H12ClN3/c1-9-2-3-11(4-12(9)13)16-7-10-5-14-8-15-6-10/h2-6,8,16H,7H2,1H3. The van der Waals surface area contributed by atoms with Crippen molar-refractivity contribution in [3.63, 3.8) is 0 Å². The zero-order chi connectivity index (χ0) is 11.4. The number of rotatable bonds is 3. The quantitative estimate of drug-likeness (QED) is 0.886. The van der Waals surface area contributed by atoms with E-state index in [0.717, 1.165) is 21.8 Å². The van der Waals surface area contributed by atoms with Gasteiger partial charge in [0, 0.05) is 35.2 Å². The minimum absolute atomic E-state index is 0.695. The zero-order valence-electron chi connectivity index (χ0n) is 8.94. The summed E-state index contributed by atoms with van der Waals surface area (Å²) in [6.45, 7) is 2.68. The van der Waals surface area contributed by atoms with Crippen molar-refractivity contribution in [1.82, 2.24) is 9.97 Å². The minimum atomic E-state index is 0.695. The van der Waals surface area contributed by atoms with Gasteiger partial charge in [0.1, 0.15) is 6.33 Å². The van der Waals surface area contributed by atoms with Crippen LogP contribution >= 0.6 is 11.6 Å². The van der Waals surface area contributed by atoms with Crippen LogP contribution in [0.15, 0.2) is 36.9 Å². The fourth-order valence-corrected chi connectivity index (χ4v) is 1.51. The molecule has 4 heteroatoms. The Kier molecular flexibility index (Phi) is 3.37. The first-order valence-electron chi connectivity index (χ1n) is 4.99. The molecule has 0 bridgehead atoms. The largest absolute Gasteiger partial charge is 0.381 e. The molecule has 0 aliphatic carbocycles. The van der Waals surface area contributed by atoms with Gasteiger partial charge < -0.3 is 5.32 Å². The van der Waals surface area contributed by atoms with Crippen LogP contribution < -0.4 is 5.32 Å². The summed E-state index contributed by atoms with van der Waals surface area (Å²) < 4.78 is 0. The van der Waals surface area contributed by atoms with Crippen LogP contribution in [0.25, 0.3) is 0 Å². The van der Waals surface area contributed by atoms with Crippen molar-refractivity contribution in [1.29, 1.82) is 0 Å². The number of hydrogen-bond donors (Lipinski definition) is 1. The summed E-state index contributed by atoms with van der Waals surface area (Å²) in [6, 6.07) is 5.91. The normalized spacial score (nSPS) is 10.1. The maximum atomic E-state index is 6.03. The molecule has 1 heterocycles. The predicted octanol–water partition coefficient (Wildman–Crippen LogP) is 3.05. The molecule has 0 aliphatic rings. The topological polar surface area (TPSA) is 37.8 Å². The molecule has 2 aromatic rings. The number of hydrogen-bond acceptors (Lipinski definition) is 3. The Labute approximate surface area is 99.5 Å². The predicted molar refractivity (Wildman–Crippen MR) is 65.5 cm³/mol. The molecule has 0 unspecified atom stereocenters. The molecule has 0 atom stereocenters. The highest BCUT2D eigenvalue weighted by Crippen LogP contribution is 2.20. The first-order valence-corrected chi connectivity index (χ1v) is 5.37. The fourth-order valence-electron chi connectivity index (χ4n) is 1.33. The second-order valence-corrected chi connectivity index (χ2v) is 3.97. The maximum absolute atomic E-state index is 6.03. The van der Waals surface area contributed by atoms with Crippen LogP contribution in [0.4, 0.5) is 5.69 Å². The number of aromatic nitrogens is 2. The molecule has 82 valence electrons. The Bertz CT molecular complexity index is 471. The third kappa shape index (κ3) is 2.70. The van der Waals surface area contributed by atoms with E-state index in [4.69, 9.17) is 11.6 Å². The van der Waals surface area contributed by atoms with E-state index in [9.17, 15) is 0 Å². The lowest BCUT2D eigenvalue weighted by atomic mass is 10.2. The van der Waals surface area contributed by atoms with Gasteiger partial charge in [0.2, 0.25) is 0 Å². The lowest BCUT2D eigenvalue weighted by Crippen LogP contribution is -2.00. The minimum Gasteiger partial charge on any atom is -0.381 e. The highest BCUT2D eigenvalue weighted by molar-refractivity contribution is 6.31. The molecule has 0 radical (unpaired) electrons. The Balaban J connectivity index is 2.03. The van der Waals surface area contributed by atoms with Gasteiger partial charge in [-0.3, -0.25) is 0 Å². The number of halogens is 1. The SMILES string of the molecule is Cc1ccc(NCc2cncnc2)cc1Cl. The molecular weight excluding hydrogens is 222 g/mol. The third-order valence-electron chi connectivity index (χ3n) is 2.28. The van der Waals surface area contributed by atoms with Gasteiger partial charge in [-0.25, -0.2) is 9.97 Å². The van der Waals surface area contributed by atoms with Crippen LogP contribution in [-0.4, -0.2) is 9.97 Å². The van der Waals surface area contributed by atoms with Crippen LogP contribution in [0.2, 0.25) is 5.02 Å². The highest BCUT2D eigenvalue weighted by atomic mass is 35.5. The number of benzene rings is 1. The molecule has 0 aliphatic heterocycles. The third-order valence-corrected chi connectivity index (χ3v) is 2.69. The van der Waals surface area contributed by atoms with Gasteiger partial charge in [-0.2, -0.15) is 0 Å². The first-order chi connectivity index (χ1) is 7.75. The summed E-state index contributed by atoms with van der Waals surface area (Å²) >= 11 is 6.03. The number of nitrogens with one attached hydrogen (secondary N) is 1. The Hall–Kier alpha value is -1.61. The summed E-state index contributed by atoms with van der Waals surface area (Å²) in [7, 11) is 0. The molecule has 2 rings (SSSR count). The summed E-state index contributed by atoms with van der Waals surface area (Å²) in [4.78, 5) is 7.90. The van der Waals surface area contributed by atoms with E-state index in [1.807, 2.05) is 25.1 Å². The van der Waals surface area contributed by atoms with Crippen molar-refractivity contribution >= 4 is 17.3 Å². The average molecular weight is 234 g/mol. The van der Waals surface area contributed by atoms with Crippen molar-refractivity contribution < 1.29 is 0 Å². The fraction of sp³-hybridized carbons (Fsp3) is 0.167. The number of anilines is 1. The Morgan fingerprint density at radius 3 is 2.69 bits per heavy atom. The molecule has 0 saturated carbocycles. The Morgan fingerprint density at radius 2 is 2.00 bits per heavy atom. The second-order valence-electron chi connectivity index (χ2n) is 3.56. The van der Waals surface area contributed by atoms with E-state index < -0.39 is 0 Å². The zero-order valence-corrected chi connectivity index (χ0v) is 9.70. The summed E-state index contributed by atoms with van der Waals surface area (Å²) in [6.07, 6.45) is 5.10. The lowest BCUT2D eigenvalue weighted by molar-refractivity contribution is 1.05. The monoisotopic (exact) mass is 233 g/mol. The van der Waals surface area contributed by atoms with E-state index in [1.54, 1.807) is 12.4 Å². The summed E-state index contributed by atoms with van der Waals surface area (Å²) in [5.41, 5.74) is 3.12. The van der Waals surface area contributed by atoms with Crippen molar-refractivity contribution in [2.75, 3.05) is 5.32 Å². The van der Waals surface area contributed by atoms with E-state index in [1.165, 1.54) is 6.33 Å². The van der Waals surface area contributed by atoms with Gasteiger partial charge in [-0.1, -0.05) is 17.7 Å². The van der Waals surface area contributed by atoms with Gasteiger partial charge in [0.15, 0.2) is 0 Å². The highest BCUT2D eigenvalue weighted by Gasteiger charge is 1.98. The maximum Gasteiger partial charge on any atom is 0.115 e. The van der Waals surface area contributed by atoms with Crippen LogP contribution in [0.3, 0.4) is 0 Å². The molecule has 0 saturated heterocycles. The van der Waals surface area contributed by atoms with Crippen LogP contribution in [0.1, 0.15) is 11.1 Å². The van der Waals surface area contributed by atoms with Gasteiger partial charge >= 0.3 is 0 Å². The molecule has 0 spiro atoms. The van der Waals surface area contributed by atoms with E-state index in [0.29, 0.717) is 6.54 Å². The molecule has 0 fully saturated rings. The lowest BCUT2D eigenvalue weighted by Gasteiger charge is -2.07. The molecule has 3 nitrogen and oxygen atoms in total. The molecular formula is C12H12ClN3. The molecule has 1 N–H and O–H groups in total. The van der Waals surface area contributed by atoms with Gasteiger partial charge in [0.05, 0.1) is 0 Å². The molecule has 16 heavy (non-hydrogen) atoms. The van der Waals surface area contributed by atoms with Crippen molar-refractivity contribution in [3.05, 3.63) is 53.1 Å². The van der Waals surface area contributed by atoms with Crippen LogP contribution in [-0.2, 0) is 6.54 Å². The number of nitrogens with zero attached hydrogens (tertiary/aromatic N) is 2. The smallest absolute Gasteiger partial charge is 0.115 e. The van der Waals surface area contributed by atoms with E-state index in [2.05, 4.69) is 15.3 Å². The van der Waals surface area contributed by atoms with Gasteiger partial charge in [0.25, 0.3) is 0 Å². The van der Waals surface area contributed by atoms with Crippen LogP contribution in [0, 0.1) is 6.92 Å². The van der Waals surface area contributed by atoms with Crippen molar-refractivity contribution in [3.8, 4) is 0 Å². The summed E-state index contributed by atoms with van der Waals surface area (Å²) in [5.74, 6) is 0. The molecule has 1 aromatic carbocycles. The average Bonchev–Trinajstić information content (AvgIpc) is 2.32. The van der Waals surface area contributed by atoms with Crippen molar-refractivity contribution in [2.45, 2.75) is 13.5 Å². The van der Waals surface area contributed by atoms with Crippen LogP contribution in [0.5, 0.6) is 0 Å². The first kappa shape index (κ1) is 10.9. The Morgan fingerprint density at radius 1 is 1.25 bits per heavy atom. The molecule has 0 amide bonds.